The van der Waals surface area contributed by atoms with Gasteiger partial charge in [0.2, 0.25) is 11.8 Å². The molecular formula is C16H28N4O. The zero-order chi connectivity index (χ0) is 15.5. The third-order valence-corrected chi connectivity index (χ3v) is 3.78. The third kappa shape index (κ3) is 4.56. The number of aryl methyl sites for hydroxylation is 1. The predicted molar refractivity (Wildman–Crippen MR) is 86.1 cm³/mol. The number of nitrogens with one attached hydrogen (secondary N) is 1. The van der Waals surface area contributed by atoms with Crippen molar-refractivity contribution in [1.29, 1.82) is 0 Å². The van der Waals surface area contributed by atoms with Gasteiger partial charge in [0.1, 0.15) is 0 Å². The van der Waals surface area contributed by atoms with Crippen LogP contribution in [0.4, 0.5) is 5.95 Å². The van der Waals surface area contributed by atoms with E-state index in [-0.39, 0.29) is 5.54 Å². The Bertz CT molecular complexity index is 470. The van der Waals surface area contributed by atoms with Crippen molar-refractivity contribution in [3.63, 3.8) is 0 Å². The summed E-state index contributed by atoms with van der Waals surface area (Å²) in [4.78, 5) is 11.5. The van der Waals surface area contributed by atoms with Crippen LogP contribution in [0, 0.1) is 6.92 Å². The van der Waals surface area contributed by atoms with Crippen LogP contribution in [0.3, 0.4) is 0 Å². The van der Waals surface area contributed by atoms with E-state index in [4.69, 9.17) is 4.74 Å². The lowest BCUT2D eigenvalue weighted by molar-refractivity contribution is 0.360. The van der Waals surface area contributed by atoms with Gasteiger partial charge in [0.15, 0.2) is 0 Å². The molecule has 0 aromatic carbocycles. The van der Waals surface area contributed by atoms with E-state index in [0.717, 1.165) is 24.7 Å². The average molecular weight is 292 g/mol. The Balaban J connectivity index is 2.16. The minimum Gasteiger partial charge on any atom is -0.481 e. The number of ether oxygens (including phenoxy) is 1. The van der Waals surface area contributed by atoms with Crippen LogP contribution in [0.1, 0.15) is 45.7 Å². The fourth-order valence-electron chi connectivity index (χ4n) is 2.66. The number of rotatable bonds is 4. The minimum absolute atomic E-state index is 0.133. The van der Waals surface area contributed by atoms with Crippen molar-refractivity contribution in [1.82, 2.24) is 15.3 Å². The first-order chi connectivity index (χ1) is 9.89. The van der Waals surface area contributed by atoms with Gasteiger partial charge in [-0.15, -0.1) is 0 Å². The summed E-state index contributed by atoms with van der Waals surface area (Å²) >= 11 is 0. The van der Waals surface area contributed by atoms with Crippen molar-refractivity contribution >= 4 is 5.95 Å². The third-order valence-electron chi connectivity index (χ3n) is 3.78. The Morgan fingerprint density at radius 3 is 2.76 bits per heavy atom. The van der Waals surface area contributed by atoms with Gasteiger partial charge in [-0.2, -0.15) is 4.98 Å². The molecule has 0 saturated carbocycles. The van der Waals surface area contributed by atoms with E-state index in [1.165, 1.54) is 19.3 Å². The molecule has 5 nitrogen and oxygen atoms in total. The number of anilines is 1. The van der Waals surface area contributed by atoms with Gasteiger partial charge in [0, 0.05) is 36.4 Å². The largest absolute Gasteiger partial charge is 0.481 e. The van der Waals surface area contributed by atoms with Gasteiger partial charge in [0.25, 0.3) is 0 Å². The molecule has 1 atom stereocenters. The van der Waals surface area contributed by atoms with E-state index >= 15 is 0 Å². The summed E-state index contributed by atoms with van der Waals surface area (Å²) in [7, 11) is 1.65. The summed E-state index contributed by atoms with van der Waals surface area (Å²) < 4.78 is 5.28. The van der Waals surface area contributed by atoms with E-state index in [9.17, 15) is 0 Å². The lowest BCUT2D eigenvalue weighted by Crippen LogP contribution is -2.50. The summed E-state index contributed by atoms with van der Waals surface area (Å²) in [5, 5.41) is 3.61. The number of piperidine rings is 1. The number of hydrogen-bond donors (Lipinski definition) is 1. The summed E-state index contributed by atoms with van der Waals surface area (Å²) in [6.07, 6.45) is 3.66. The topological polar surface area (TPSA) is 50.3 Å². The van der Waals surface area contributed by atoms with E-state index < -0.39 is 0 Å². The maximum absolute atomic E-state index is 5.28. The molecule has 5 heteroatoms. The number of methoxy groups -OCH3 is 1. The fraction of sp³-hybridized carbons (Fsp3) is 0.750. The van der Waals surface area contributed by atoms with Crippen molar-refractivity contribution in [2.24, 2.45) is 0 Å². The van der Waals surface area contributed by atoms with Crippen molar-refractivity contribution < 1.29 is 4.74 Å². The molecule has 0 aliphatic carbocycles. The highest BCUT2D eigenvalue weighted by Crippen LogP contribution is 2.24. The normalized spacial score (nSPS) is 19.7. The fourth-order valence-corrected chi connectivity index (χ4v) is 2.66. The molecule has 2 heterocycles. The van der Waals surface area contributed by atoms with Crippen molar-refractivity contribution in [3.05, 3.63) is 11.8 Å². The molecule has 0 radical (unpaired) electrons. The zero-order valence-corrected chi connectivity index (χ0v) is 13.9. The van der Waals surface area contributed by atoms with Crippen LogP contribution in [0.15, 0.2) is 6.07 Å². The van der Waals surface area contributed by atoms with E-state index in [1.54, 1.807) is 7.11 Å². The molecule has 1 N–H and O–H groups in total. The molecule has 1 fully saturated rings. The maximum Gasteiger partial charge on any atom is 0.229 e. The van der Waals surface area contributed by atoms with Gasteiger partial charge < -0.3 is 15.0 Å². The van der Waals surface area contributed by atoms with Crippen LogP contribution in [0.5, 0.6) is 5.88 Å². The highest BCUT2D eigenvalue weighted by Gasteiger charge is 2.26. The van der Waals surface area contributed by atoms with E-state index in [0.29, 0.717) is 11.9 Å². The van der Waals surface area contributed by atoms with E-state index in [2.05, 4.69) is 41.0 Å². The second-order valence-corrected chi connectivity index (χ2v) is 6.83. The molecule has 1 saturated heterocycles. The molecule has 0 spiro atoms. The van der Waals surface area contributed by atoms with Crippen molar-refractivity contribution in [3.8, 4) is 5.88 Å². The summed E-state index contributed by atoms with van der Waals surface area (Å²) in [6, 6.07) is 2.32. The molecule has 118 valence electrons. The van der Waals surface area contributed by atoms with Gasteiger partial charge in [-0.3, -0.25) is 0 Å². The summed E-state index contributed by atoms with van der Waals surface area (Å²) in [5.74, 6) is 1.44. The van der Waals surface area contributed by atoms with Crippen LogP contribution < -0.4 is 15.0 Å². The number of hydrogen-bond acceptors (Lipinski definition) is 5. The minimum atomic E-state index is 0.133. The summed E-state index contributed by atoms with van der Waals surface area (Å²) in [6.45, 7) is 10.6. The standard InChI is InChI=1S/C16H28N4O/c1-12-10-14(21-5)19-15(18-12)20-9-7-6-8-13(20)11-17-16(2,3)4/h10,13,17H,6-9,11H2,1-5H3. The van der Waals surface area contributed by atoms with Gasteiger partial charge in [-0.1, -0.05) is 0 Å². The van der Waals surface area contributed by atoms with Crippen LogP contribution in [-0.2, 0) is 0 Å². The number of nitrogens with zero attached hydrogens (tertiary/aromatic N) is 3. The highest BCUT2D eigenvalue weighted by molar-refractivity contribution is 5.36. The lowest BCUT2D eigenvalue weighted by atomic mass is 10.0. The van der Waals surface area contributed by atoms with Gasteiger partial charge >= 0.3 is 0 Å². The molecule has 0 bridgehead atoms. The average Bonchev–Trinajstić information content (AvgIpc) is 2.44. The zero-order valence-electron chi connectivity index (χ0n) is 13.9. The van der Waals surface area contributed by atoms with Crippen LogP contribution in [0.2, 0.25) is 0 Å². The molecule has 2 rings (SSSR count). The Labute approximate surface area is 128 Å². The molecule has 0 amide bonds. The van der Waals surface area contributed by atoms with Gasteiger partial charge in [-0.25, -0.2) is 4.98 Å². The van der Waals surface area contributed by atoms with Crippen LogP contribution >= 0.6 is 0 Å². The Hall–Kier alpha value is -1.36. The first kappa shape index (κ1) is 16.0. The van der Waals surface area contributed by atoms with Crippen LogP contribution in [0.25, 0.3) is 0 Å². The monoisotopic (exact) mass is 292 g/mol. The SMILES string of the molecule is COc1cc(C)nc(N2CCCCC2CNC(C)(C)C)n1. The molecular weight excluding hydrogens is 264 g/mol. The second kappa shape index (κ2) is 6.60. The first-order valence-corrected chi connectivity index (χ1v) is 7.80. The summed E-state index contributed by atoms with van der Waals surface area (Å²) in [5.41, 5.74) is 1.08. The second-order valence-electron chi connectivity index (χ2n) is 6.83. The quantitative estimate of drug-likeness (QED) is 0.924. The van der Waals surface area contributed by atoms with Crippen LogP contribution in [-0.4, -0.2) is 41.7 Å². The van der Waals surface area contributed by atoms with Crippen molar-refractivity contribution in [2.75, 3.05) is 25.1 Å². The highest BCUT2D eigenvalue weighted by atomic mass is 16.5. The molecule has 1 aromatic heterocycles. The van der Waals surface area contributed by atoms with Gasteiger partial charge in [0.05, 0.1) is 7.11 Å². The Morgan fingerprint density at radius 1 is 1.33 bits per heavy atom. The molecule has 1 aromatic rings. The first-order valence-electron chi connectivity index (χ1n) is 7.80. The smallest absolute Gasteiger partial charge is 0.229 e. The van der Waals surface area contributed by atoms with Gasteiger partial charge in [-0.05, 0) is 47.0 Å². The predicted octanol–water partition coefficient (Wildman–Crippen LogP) is 2.54. The Morgan fingerprint density at radius 2 is 2.10 bits per heavy atom. The van der Waals surface area contributed by atoms with E-state index in [1.807, 2.05) is 13.0 Å². The number of aromatic nitrogens is 2. The molecule has 1 unspecified atom stereocenters. The molecule has 1 aliphatic heterocycles. The Kier molecular flexibility index (Phi) is 5.04. The lowest BCUT2D eigenvalue weighted by Gasteiger charge is -2.37. The maximum atomic E-state index is 5.28. The molecule has 1 aliphatic rings. The van der Waals surface area contributed by atoms with Crippen molar-refractivity contribution in [2.45, 2.75) is 58.5 Å². The molecule has 21 heavy (non-hydrogen) atoms.